The first-order valence-electron chi connectivity index (χ1n) is 5.13. The Labute approximate surface area is 86.2 Å². The lowest BCUT2D eigenvalue weighted by Crippen LogP contribution is -2.49. The topological polar surface area (TPSA) is 64.3 Å². The van der Waals surface area contributed by atoms with Crippen molar-refractivity contribution in [1.82, 2.24) is 5.32 Å². The molecular weight excluding hydrogens is 180 g/mol. The van der Waals surface area contributed by atoms with E-state index in [-0.39, 0.29) is 5.91 Å². The summed E-state index contributed by atoms with van der Waals surface area (Å²) in [4.78, 5) is 11.3. The van der Waals surface area contributed by atoms with Gasteiger partial charge >= 0.3 is 0 Å². The zero-order valence-corrected chi connectivity index (χ0v) is 9.43. The summed E-state index contributed by atoms with van der Waals surface area (Å²) in [6.45, 7) is 7.55. The van der Waals surface area contributed by atoms with Crippen LogP contribution in [0.1, 0.15) is 33.6 Å². The Morgan fingerprint density at radius 1 is 1.43 bits per heavy atom. The van der Waals surface area contributed by atoms with Crippen LogP contribution in [-0.4, -0.2) is 31.2 Å². The zero-order valence-electron chi connectivity index (χ0n) is 9.43. The highest BCUT2D eigenvalue weighted by Crippen LogP contribution is 1.96. The van der Waals surface area contributed by atoms with Crippen molar-refractivity contribution >= 4 is 5.91 Å². The number of nitrogens with one attached hydrogen (secondary N) is 1. The molecule has 4 heteroatoms. The van der Waals surface area contributed by atoms with Crippen molar-refractivity contribution in [3.8, 4) is 0 Å². The Bertz CT molecular complexity index is 164. The van der Waals surface area contributed by atoms with Crippen molar-refractivity contribution in [1.29, 1.82) is 0 Å². The predicted molar refractivity (Wildman–Crippen MR) is 57.0 cm³/mol. The van der Waals surface area contributed by atoms with Gasteiger partial charge in [-0.25, -0.2) is 0 Å². The number of carbonyl (C=O) groups excluding carboxylic acids is 1. The van der Waals surface area contributed by atoms with Gasteiger partial charge in [0, 0.05) is 19.8 Å². The number of carbonyl (C=O) groups is 1. The van der Waals surface area contributed by atoms with Crippen LogP contribution in [0.15, 0.2) is 0 Å². The Morgan fingerprint density at radius 3 is 2.57 bits per heavy atom. The molecular formula is C10H22N2O2. The van der Waals surface area contributed by atoms with Gasteiger partial charge in [0.25, 0.3) is 0 Å². The number of hydrogen-bond donors (Lipinski definition) is 2. The summed E-state index contributed by atoms with van der Waals surface area (Å²) in [5.41, 5.74) is 4.83. The highest BCUT2D eigenvalue weighted by molar-refractivity contribution is 5.84. The van der Waals surface area contributed by atoms with Crippen LogP contribution in [0.25, 0.3) is 0 Å². The van der Waals surface area contributed by atoms with E-state index in [4.69, 9.17) is 10.5 Å². The Hall–Kier alpha value is -0.610. The fourth-order valence-corrected chi connectivity index (χ4v) is 0.903. The molecule has 0 bridgehead atoms. The van der Waals surface area contributed by atoms with Crippen LogP contribution in [0, 0.1) is 0 Å². The molecule has 0 aliphatic carbocycles. The Morgan fingerprint density at radius 2 is 2.07 bits per heavy atom. The second-order valence-corrected chi connectivity index (χ2v) is 3.88. The van der Waals surface area contributed by atoms with Gasteiger partial charge in [0.1, 0.15) is 0 Å². The van der Waals surface area contributed by atoms with Crippen molar-refractivity contribution in [2.75, 3.05) is 19.8 Å². The monoisotopic (exact) mass is 202 g/mol. The van der Waals surface area contributed by atoms with Crippen LogP contribution in [0.5, 0.6) is 0 Å². The lowest BCUT2D eigenvalue weighted by Gasteiger charge is -2.17. The van der Waals surface area contributed by atoms with Gasteiger partial charge in [0.15, 0.2) is 0 Å². The van der Waals surface area contributed by atoms with Crippen LogP contribution < -0.4 is 11.1 Å². The summed E-state index contributed by atoms with van der Waals surface area (Å²) in [5.74, 6) is -0.103. The van der Waals surface area contributed by atoms with Gasteiger partial charge in [-0.2, -0.15) is 0 Å². The zero-order chi connectivity index (χ0) is 11.0. The molecule has 14 heavy (non-hydrogen) atoms. The van der Waals surface area contributed by atoms with Crippen LogP contribution in [0.3, 0.4) is 0 Å². The maximum Gasteiger partial charge on any atom is 0.239 e. The van der Waals surface area contributed by atoms with Crippen LogP contribution >= 0.6 is 0 Å². The molecule has 0 unspecified atom stereocenters. The summed E-state index contributed by atoms with van der Waals surface area (Å²) in [5, 5.41) is 2.78. The van der Waals surface area contributed by atoms with Crippen molar-refractivity contribution in [3.05, 3.63) is 0 Å². The first-order chi connectivity index (χ1) is 6.48. The molecule has 0 saturated carbocycles. The highest BCUT2D eigenvalue weighted by atomic mass is 16.5. The quantitative estimate of drug-likeness (QED) is 0.596. The average Bonchev–Trinajstić information content (AvgIpc) is 2.09. The third kappa shape index (κ3) is 6.86. The van der Waals surface area contributed by atoms with E-state index in [1.807, 2.05) is 6.92 Å². The van der Waals surface area contributed by atoms with Gasteiger partial charge in [-0.05, 0) is 33.6 Å². The number of unbranched alkanes of at least 4 members (excludes halogenated alkanes) is 1. The molecule has 3 N–H and O–H groups in total. The summed E-state index contributed by atoms with van der Waals surface area (Å²) < 4.78 is 5.17. The van der Waals surface area contributed by atoms with Crippen LogP contribution in [0.2, 0.25) is 0 Å². The number of ether oxygens (including phenoxy) is 1. The summed E-state index contributed by atoms with van der Waals surface area (Å²) in [6, 6.07) is 0. The van der Waals surface area contributed by atoms with Gasteiger partial charge in [0.05, 0.1) is 5.54 Å². The predicted octanol–water partition coefficient (Wildman–Crippen LogP) is 0.657. The van der Waals surface area contributed by atoms with E-state index < -0.39 is 5.54 Å². The van der Waals surface area contributed by atoms with Gasteiger partial charge in [0.2, 0.25) is 5.91 Å². The van der Waals surface area contributed by atoms with Crippen LogP contribution in [-0.2, 0) is 9.53 Å². The van der Waals surface area contributed by atoms with Gasteiger partial charge < -0.3 is 15.8 Å². The molecule has 84 valence electrons. The summed E-state index contributed by atoms with van der Waals surface area (Å²) in [7, 11) is 0. The molecule has 0 rings (SSSR count). The highest BCUT2D eigenvalue weighted by Gasteiger charge is 2.20. The molecule has 0 aliphatic heterocycles. The lowest BCUT2D eigenvalue weighted by molar-refractivity contribution is -0.125. The molecule has 4 nitrogen and oxygen atoms in total. The standard InChI is InChI=1S/C10H22N2O2/c1-4-14-8-6-5-7-12-9(13)10(2,3)11/h4-8,11H2,1-3H3,(H,12,13). The molecule has 0 aliphatic rings. The normalized spacial score (nSPS) is 11.4. The summed E-state index contributed by atoms with van der Waals surface area (Å²) >= 11 is 0. The van der Waals surface area contributed by atoms with Crippen molar-refractivity contribution < 1.29 is 9.53 Å². The minimum Gasteiger partial charge on any atom is -0.382 e. The molecule has 1 amide bonds. The van der Waals surface area contributed by atoms with E-state index in [9.17, 15) is 4.79 Å². The molecule has 0 saturated heterocycles. The molecule has 0 heterocycles. The fraction of sp³-hybridized carbons (Fsp3) is 0.900. The second-order valence-electron chi connectivity index (χ2n) is 3.88. The maximum absolute atomic E-state index is 11.3. The lowest BCUT2D eigenvalue weighted by atomic mass is 10.1. The second kappa shape index (κ2) is 6.79. The van der Waals surface area contributed by atoms with E-state index in [2.05, 4.69) is 5.32 Å². The summed E-state index contributed by atoms with van der Waals surface area (Å²) in [6.07, 6.45) is 1.90. The Kier molecular flexibility index (Phi) is 6.49. The molecule has 0 atom stereocenters. The number of nitrogens with two attached hydrogens (primary N) is 1. The maximum atomic E-state index is 11.3. The smallest absolute Gasteiger partial charge is 0.239 e. The molecule has 0 aromatic rings. The fourth-order valence-electron chi connectivity index (χ4n) is 0.903. The average molecular weight is 202 g/mol. The van der Waals surface area contributed by atoms with Crippen molar-refractivity contribution in [3.63, 3.8) is 0 Å². The van der Waals surface area contributed by atoms with Gasteiger partial charge in [-0.3, -0.25) is 4.79 Å². The van der Waals surface area contributed by atoms with E-state index in [1.165, 1.54) is 0 Å². The van der Waals surface area contributed by atoms with E-state index >= 15 is 0 Å². The van der Waals surface area contributed by atoms with Crippen LogP contribution in [0.4, 0.5) is 0 Å². The van der Waals surface area contributed by atoms with Gasteiger partial charge in [-0.1, -0.05) is 0 Å². The third-order valence-corrected chi connectivity index (χ3v) is 1.79. The number of hydrogen-bond acceptors (Lipinski definition) is 3. The SMILES string of the molecule is CCOCCCCNC(=O)C(C)(C)N. The minimum absolute atomic E-state index is 0.103. The molecule has 0 spiro atoms. The van der Waals surface area contributed by atoms with E-state index in [0.717, 1.165) is 26.1 Å². The van der Waals surface area contributed by atoms with Crippen molar-refractivity contribution in [2.24, 2.45) is 5.73 Å². The Balaban J connectivity index is 3.33. The van der Waals surface area contributed by atoms with Gasteiger partial charge in [-0.15, -0.1) is 0 Å². The van der Waals surface area contributed by atoms with Crippen molar-refractivity contribution in [2.45, 2.75) is 39.2 Å². The largest absolute Gasteiger partial charge is 0.382 e. The molecule has 0 aromatic heterocycles. The number of amides is 1. The third-order valence-electron chi connectivity index (χ3n) is 1.79. The minimum atomic E-state index is -0.778. The first kappa shape index (κ1) is 13.4. The van der Waals surface area contributed by atoms with E-state index in [0.29, 0.717) is 6.54 Å². The number of rotatable bonds is 7. The molecule has 0 radical (unpaired) electrons. The first-order valence-corrected chi connectivity index (χ1v) is 5.13. The molecule has 0 fully saturated rings. The molecule has 0 aromatic carbocycles. The van der Waals surface area contributed by atoms with E-state index in [1.54, 1.807) is 13.8 Å².